The normalized spacial score (nSPS) is 28.8. The zero-order valence-electron chi connectivity index (χ0n) is 8.14. The lowest BCUT2D eigenvalue weighted by Crippen LogP contribution is -2.01. The zero-order chi connectivity index (χ0) is 9.42. The van der Waals surface area contributed by atoms with Crippen LogP contribution < -0.4 is 0 Å². The Balaban J connectivity index is 2.07. The molecular weight excluding hydrogens is 164 g/mol. The standard InChI is InChI=1S/C10H16N2O/c1-3-12-5-9(11-6-12)10(13)8-4-7(8)2/h5-8,10,13H,3-4H2,1-2H3. The largest absolute Gasteiger partial charge is 0.386 e. The Bertz CT molecular complexity index is 295. The van der Waals surface area contributed by atoms with E-state index in [1.165, 1.54) is 0 Å². The minimum atomic E-state index is -0.345. The van der Waals surface area contributed by atoms with Gasteiger partial charge in [0, 0.05) is 12.7 Å². The van der Waals surface area contributed by atoms with E-state index in [0.29, 0.717) is 11.8 Å². The van der Waals surface area contributed by atoms with Gasteiger partial charge in [0.2, 0.25) is 0 Å². The van der Waals surface area contributed by atoms with Crippen LogP contribution in [-0.2, 0) is 6.54 Å². The summed E-state index contributed by atoms with van der Waals surface area (Å²) in [5, 5.41) is 9.86. The Kier molecular flexibility index (Phi) is 2.12. The van der Waals surface area contributed by atoms with Gasteiger partial charge in [0.15, 0.2) is 0 Å². The van der Waals surface area contributed by atoms with Gasteiger partial charge in [0.05, 0.1) is 12.0 Å². The maximum atomic E-state index is 9.86. The molecule has 1 heterocycles. The van der Waals surface area contributed by atoms with Crippen molar-refractivity contribution in [3.05, 3.63) is 18.2 Å². The van der Waals surface area contributed by atoms with Gasteiger partial charge in [-0.1, -0.05) is 6.92 Å². The summed E-state index contributed by atoms with van der Waals surface area (Å²) >= 11 is 0. The van der Waals surface area contributed by atoms with Crippen molar-refractivity contribution >= 4 is 0 Å². The molecule has 0 amide bonds. The van der Waals surface area contributed by atoms with Crippen LogP contribution in [0.15, 0.2) is 12.5 Å². The predicted molar refractivity (Wildman–Crippen MR) is 50.1 cm³/mol. The van der Waals surface area contributed by atoms with Gasteiger partial charge in [-0.2, -0.15) is 0 Å². The molecule has 0 radical (unpaired) electrons. The van der Waals surface area contributed by atoms with Gasteiger partial charge in [0.25, 0.3) is 0 Å². The van der Waals surface area contributed by atoms with Gasteiger partial charge in [-0.15, -0.1) is 0 Å². The van der Waals surface area contributed by atoms with E-state index < -0.39 is 0 Å². The molecular formula is C10H16N2O. The maximum Gasteiger partial charge on any atom is 0.101 e. The van der Waals surface area contributed by atoms with Crippen molar-refractivity contribution in [3.8, 4) is 0 Å². The fraction of sp³-hybridized carbons (Fsp3) is 0.700. The molecule has 0 saturated heterocycles. The van der Waals surface area contributed by atoms with Crippen molar-refractivity contribution in [1.29, 1.82) is 0 Å². The first-order valence-corrected chi connectivity index (χ1v) is 4.92. The van der Waals surface area contributed by atoms with Gasteiger partial charge in [-0.3, -0.25) is 0 Å². The van der Waals surface area contributed by atoms with E-state index in [-0.39, 0.29) is 6.10 Å². The van der Waals surface area contributed by atoms with E-state index >= 15 is 0 Å². The third kappa shape index (κ3) is 1.61. The molecule has 0 bridgehead atoms. The Morgan fingerprint density at radius 3 is 2.92 bits per heavy atom. The SMILES string of the molecule is CCn1cnc(C(O)C2CC2C)c1. The molecule has 2 rings (SSSR count). The van der Waals surface area contributed by atoms with Crippen LogP contribution in [0.2, 0.25) is 0 Å². The third-order valence-electron chi connectivity index (χ3n) is 2.90. The molecule has 72 valence electrons. The lowest BCUT2D eigenvalue weighted by molar-refractivity contribution is 0.144. The predicted octanol–water partition coefficient (Wildman–Crippen LogP) is 1.59. The van der Waals surface area contributed by atoms with Crippen molar-refractivity contribution in [1.82, 2.24) is 9.55 Å². The highest BCUT2D eigenvalue weighted by Gasteiger charge is 2.40. The monoisotopic (exact) mass is 180 g/mol. The quantitative estimate of drug-likeness (QED) is 0.767. The Labute approximate surface area is 78.4 Å². The number of aryl methyl sites for hydroxylation is 1. The lowest BCUT2D eigenvalue weighted by Gasteiger charge is -2.04. The molecule has 0 aromatic carbocycles. The first-order chi connectivity index (χ1) is 6.22. The third-order valence-corrected chi connectivity index (χ3v) is 2.90. The minimum Gasteiger partial charge on any atom is -0.386 e. The summed E-state index contributed by atoms with van der Waals surface area (Å²) in [5.74, 6) is 1.11. The number of aliphatic hydroxyl groups is 1. The summed E-state index contributed by atoms with van der Waals surface area (Å²) in [6.07, 6.45) is 4.52. The van der Waals surface area contributed by atoms with E-state index in [2.05, 4.69) is 18.8 Å². The van der Waals surface area contributed by atoms with Crippen molar-refractivity contribution in [2.75, 3.05) is 0 Å². The molecule has 1 aromatic heterocycles. The van der Waals surface area contributed by atoms with Gasteiger partial charge in [-0.25, -0.2) is 4.98 Å². The van der Waals surface area contributed by atoms with Crippen LogP contribution in [-0.4, -0.2) is 14.7 Å². The van der Waals surface area contributed by atoms with Crippen molar-refractivity contribution in [2.45, 2.75) is 32.9 Å². The number of hydrogen-bond acceptors (Lipinski definition) is 2. The number of rotatable bonds is 3. The number of nitrogens with zero attached hydrogens (tertiary/aromatic N) is 2. The Morgan fingerprint density at radius 1 is 1.77 bits per heavy atom. The fourth-order valence-corrected chi connectivity index (χ4v) is 1.71. The summed E-state index contributed by atoms with van der Waals surface area (Å²) in [5.41, 5.74) is 0.830. The molecule has 1 aliphatic carbocycles. The van der Waals surface area contributed by atoms with Gasteiger partial charge in [0.1, 0.15) is 6.10 Å². The summed E-state index contributed by atoms with van der Waals surface area (Å²) < 4.78 is 1.99. The molecule has 1 aromatic rings. The van der Waals surface area contributed by atoms with E-state index in [0.717, 1.165) is 18.7 Å². The number of hydrogen-bond donors (Lipinski definition) is 1. The highest BCUT2D eigenvalue weighted by Crippen LogP contribution is 2.46. The molecule has 0 spiro atoms. The molecule has 3 nitrogen and oxygen atoms in total. The van der Waals surface area contributed by atoms with E-state index in [9.17, 15) is 5.11 Å². The average molecular weight is 180 g/mol. The van der Waals surface area contributed by atoms with E-state index in [4.69, 9.17) is 0 Å². The van der Waals surface area contributed by atoms with Crippen LogP contribution in [0, 0.1) is 11.8 Å². The first-order valence-electron chi connectivity index (χ1n) is 4.92. The van der Waals surface area contributed by atoms with Crippen LogP contribution in [0.25, 0.3) is 0 Å². The second-order valence-corrected chi connectivity index (χ2v) is 3.95. The van der Waals surface area contributed by atoms with Gasteiger partial charge in [-0.05, 0) is 25.2 Å². The molecule has 1 N–H and O–H groups in total. The number of imidazole rings is 1. The molecule has 1 aliphatic rings. The smallest absolute Gasteiger partial charge is 0.101 e. The van der Waals surface area contributed by atoms with Crippen LogP contribution in [0.3, 0.4) is 0 Å². The zero-order valence-corrected chi connectivity index (χ0v) is 8.14. The number of aromatic nitrogens is 2. The van der Waals surface area contributed by atoms with E-state index in [1.807, 2.05) is 10.8 Å². The van der Waals surface area contributed by atoms with Crippen molar-refractivity contribution < 1.29 is 5.11 Å². The van der Waals surface area contributed by atoms with Crippen LogP contribution in [0.1, 0.15) is 32.1 Å². The van der Waals surface area contributed by atoms with Crippen molar-refractivity contribution in [3.63, 3.8) is 0 Å². The second-order valence-electron chi connectivity index (χ2n) is 3.95. The van der Waals surface area contributed by atoms with Crippen LogP contribution in [0.4, 0.5) is 0 Å². The Morgan fingerprint density at radius 2 is 2.46 bits per heavy atom. The summed E-state index contributed by atoms with van der Waals surface area (Å²) in [4.78, 5) is 4.20. The molecule has 1 fully saturated rings. The minimum absolute atomic E-state index is 0.345. The molecule has 1 saturated carbocycles. The van der Waals surface area contributed by atoms with E-state index in [1.54, 1.807) is 6.33 Å². The number of aliphatic hydroxyl groups excluding tert-OH is 1. The molecule has 13 heavy (non-hydrogen) atoms. The van der Waals surface area contributed by atoms with Crippen LogP contribution >= 0.6 is 0 Å². The lowest BCUT2D eigenvalue weighted by atomic mass is 10.1. The summed E-state index contributed by atoms with van der Waals surface area (Å²) in [6.45, 7) is 5.15. The van der Waals surface area contributed by atoms with Crippen LogP contribution in [0.5, 0.6) is 0 Å². The highest BCUT2D eigenvalue weighted by atomic mass is 16.3. The average Bonchev–Trinajstić information content (AvgIpc) is 2.70. The molecule has 3 atom stereocenters. The van der Waals surface area contributed by atoms with Gasteiger partial charge >= 0.3 is 0 Å². The second kappa shape index (κ2) is 3.14. The van der Waals surface area contributed by atoms with Crippen molar-refractivity contribution in [2.24, 2.45) is 11.8 Å². The summed E-state index contributed by atoms with van der Waals surface area (Å²) in [6, 6.07) is 0. The fourth-order valence-electron chi connectivity index (χ4n) is 1.71. The first kappa shape index (κ1) is 8.75. The maximum absolute atomic E-state index is 9.86. The molecule has 0 aliphatic heterocycles. The van der Waals surface area contributed by atoms with Gasteiger partial charge < -0.3 is 9.67 Å². The molecule has 3 unspecified atom stereocenters. The molecule has 3 heteroatoms. The topological polar surface area (TPSA) is 38.0 Å². The highest BCUT2D eigenvalue weighted by molar-refractivity contribution is 5.07. The summed E-state index contributed by atoms with van der Waals surface area (Å²) in [7, 11) is 0. The Hall–Kier alpha value is -0.830.